The molecule has 20 heavy (non-hydrogen) atoms. The largest absolute Gasteiger partial charge is 0.334 e. The van der Waals surface area contributed by atoms with Crippen LogP contribution in [0.3, 0.4) is 0 Å². The molecule has 1 heterocycles. The van der Waals surface area contributed by atoms with E-state index in [4.69, 9.17) is 5.73 Å². The summed E-state index contributed by atoms with van der Waals surface area (Å²) in [5, 5.41) is 0. The number of benzene rings is 1. The summed E-state index contributed by atoms with van der Waals surface area (Å²) in [4.78, 5) is 14.6. The summed E-state index contributed by atoms with van der Waals surface area (Å²) in [7, 11) is 0. The SMILES string of the molecule is CSCc1ccc(C(=O)N2CCC(C)CC2CN)cc1. The van der Waals surface area contributed by atoms with Crippen molar-refractivity contribution in [1.29, 1.82) is 0 Å². The van der Waals surface area contributed by atoms with Gasteiger partial charge in [0, 0.05) is 30.4 Å². The summed E-state index contributed by atoms with van der Waals surface area (Å²) < 4.78 is 0. The maximum absolute atomic E-state index is 12.6. The Morgan fingerprint density at radius 1 is 1.40 bits per heavy atom. The number of hydrogen-bond acceptors (Lipinski definition) is 3. The third kappa shape index (κ3) is 3.55. The lowest BCUT2D eigenvalue weighted by Gasteiger charge is -2.38. The normalized spacial score (nSPS) is 22.9. The van der Waals surface area contributed by atoms with Crippen LogP contribution in [0.15, 0.2) is 24.3 Å². The van der Waals surface area contributed by atoms with Gasteiger partial charge >= 0.3 is 0 Å². The Bertz CT molecular complexity index is 446. The molecule has 0 spiro atoms. The fourth-order valence-corrected chi connectivity index (χ4v) is 3.34. The molecule has 0 aromatic heterocycles. The molecule has 2 unspecified atom stereocenters. The van der Waals surface area contributed by atoms with Crippen molar-refractivity contribution in [2.24, 2.45) is 11.7 Å². The van der Waals surface area contributed by atoms with Gasteiger partial charge in [-0.1, -0.05) is 19.1 Å². The summed E-state index contributed by atoms with van der Waals surface area (Å²) in [5.74, 6) is 1.78. The molecule has 0 aliphatic carbocycles. The number of likely N-dealkylation sites (tertiary alicyclic amines) is 1. The number of carbonyl (C=O) groups is 1. The number of carbonyl (C=O) groups excluding carboxylic acids is 1. The highest BCUT2D eigenvalue weighted by Gasteiger charge is 2.29. The minimum absolute atomic E-state index is 0.128. The Labute approximate surface area is 125 Å². The molecule has 1 fully saturated rings. The van der Waals surface area contributed by atoms with Gasteiger partial charge < -0.3 is 10.6 Å². The molecule has 1 amide bonds. The second-order valence-corrected chi connectivity index (χ2v) is 6.51. The number of nitrogens with zero attached hydrogens (tertiary/aromatic N) is 1. The molecular formula is C16H24N2OS. The van der Waals surface area contributed by atoms with E-state index < -0.39 is 0 Å². The molecular weight excluding hydrogens is 268 g/mol. The molecule has 1 saturated heterocycles. The van der Waals surface area contributed by atoms with Gasteiger partial charge in [0.2, 0.25) is 0 Å². The van der Waals surface area contributed by atoms with E-state index in [1.807, 2.05) is 29.2 Å². The highest BCUT2D eigenvalue weighted by Crippen LogP contribution is 2.24. The van der Waals surface area contributed by atoms with Crippen LogP contribution in [0.4, 0.5) is 0 Å². The summed E-state index contributed by atoms with van der Waals surface area (Å²) in [6.45, 7) is 3.62. The molecule has 1 aromatic rings. The molecule has 1 aliphatic rings. The van der Waals surface area contributed by atoms with Gasteiger partial charge in [-0.15, -0.1) is 0 Å². The molecule has 1 aromatic carbocycles. The zero-order valence-corrected chi connectivity index (χ0v) is 13.2. The third-order valence-corrected chi connectivity index (χ3v) is 4.64. The van der Waals surface area contributed by atoms with Gasteiger partial charge in [-0.3, -0.25) is 4.79 Å². The van der Waals surface area contributed by atoms with Gasteiger partial charge in [-0.05, 0) is 42.7 Å². The molecule has 2 N–H and O–H groups in total. The lowest BCUT2D eigenvalue weighted by atomic mass is 9.92. The van der Waals surface area contributed by atoms with E-state index in [0.717, 1.165) is 30.7 Å². The molecule has 0 saturated carbocycles. The van der Waals surface area contributed by atoms with E-state index >= 15 is 0 Å². The van der Waals surface area contributed by atoms with E-state index in [0.29, 0.717) is 12.5 Å². The van der Waals surface area contributed by atoms with E-state index in [9.17, 15) is 4.79 Å². The first kappa shape index (κ1) is 15.4. The fourth-order valence-electron chi connectivity index (χ4n) is 2.82. The number of nitrogens with two attached hydrogens (primary N) is 1. The lowest BCUT2D eigenvalue weighted by molar-refractivity contribution is 0.0573. The lowest BCUT2D eigenvalue weighted by Crippen LogP contribution is -2.49. The monoisotopic (exact) mass is 292 g/mol. The van der Waals surface area contributed by atoms with E-state index in [1.54, 1.807) is 11.8 Å². The van der Waals surface area contributed by atoms with Crippen LogP contribution < -0.4 is 5.73 Å². The minimum atomic E-state index is 0.128. The second-order valence-electron chi connectivity index (χ2n) is 5.65. The predicted octanol–water partition coefficient (Wildman–Crippen LogP) is 2.75. The van der Waals surface area contributed by atoms with Crippen LogP contribution >= 0.6 is 11.8 Å². The van der Waals surface area contributed by atoms with Crippen molar-refractivity contribution in [3.8, 4) is 0 Å². The molecule has 2 atom stereocenters. The number of hydrogen-bond donors (Lipinski definition) is 1. The van der Waals surface area contributed by atoms with Crippen molar-refractivity contribution in [1.82, 2.24) is 4.90 Å². The molecule has 110 valence electrons. The molecule has 1 aliphatic heterocycles. The standard InChI is InChI=1S/C16H24N2OS/c1-12-7-8-18(15(9-12)10-17)16(19)14-5-3-13(4-6-14)11-20-2/h3-6,12,15H,7-11,17H2,1-2H3. The number of thioether (sulfide) groups is 1. The van der Waals surface area contributed by atoms with Crippen molar-refractivity contribution in [3.63, 3.8) is 0 Å². The van der Waals surface area contributed by atoms with E-state index in [2.05, 4.69) is 13.2 Å². The molecule has 3 nitrogen and oxygen atoms in total. The van der Waals surface area contributed by atoms with Gasteiger partial charge in [0.1, 0.15) is 0 Å². The van der Waals surface area contributed by atoms with Crippen molar-refractivity contribution >= 4 is 17.7 Å². The molecule has 0 radical (unpaired) electrons. The van der Waals surface area contributed by atoms with Crippen molar-refractivity contribution in [2.75, 3.05) is 19.3 Å². The van der Waals surface area contributed by atoms with Crippen LogP contribution in [0.25, 0.3) is 0 Å². The highest BCUT2D eigenvalue weighted by molar-refractivity contribution is 7.97. The van der Waals surface area contributed by atoms with Crippen molar-refractivity contribution in [2.45, 2.75) is 31.6 Å². The molecule has 4 heteroatoms. The highest BCUT2D eigenvalue weighted by atomic mass is 32.2. The van der Waals surface area contributed by atoms with Crippen LogP contribution in [-0.4, -0.2) is 36.2 Å². The van der Waals surface area contributed by atoms with Crippen molar-refractivity contribution < 1.29 is 4.79 Å². The predicted molar refractivity (Wildman–Crippen MR) is 85.9 cm³/mol. The maximum Gasteiger partial charge on any atom is 0.254 e. The Balaban J connectivity index is 2.09. The first-order valence-corrected chi connectivity index (χ1v) is 8.64. The van der Waals surface area contributed by atoms with Crippen LogP contribution in [-0.2, 0) is 5.75 Å². The van der Waals surface area contributed by atoms with Crippen LogP contribution in [0.5, 0.6) is 0 Å². The summed E-state index contributed by atoms with van der Waals surface area (Å²) >= 11 is 1.79. The zero-order valence-electron chi connectivity index (χ0n) is 12.3. The maximum atomic E-state index is 12.6. The average Bonchev–Trinajstić information content (AvgIpc) is 2.47. The molecule has 0 bridgehead atoms. The van der Waals surface area contributed by atoms with Crippen LogP contribution in [0, 0.1) is 5.92 Å². The van der Waals surface area contributed by atoms with Gasteiger partial charge in [-0.25, -0.2) is 0 Å². The Hall–Kier alpha value is -1.00. The van der Waals surface area contributed by atoms with E-state index in [-0.39, 0.29) is 11.9 Å². The summed E-state index contributed by atoms with van der Waals surface area (Å²) in [5.41, 5.74) is 7.88. The fraction of sp³-hybridized carbons (Fsp3) is 0.562. The van der Waals surface area contributed by atoms with E-state index in [1.165, 1.54) is 5.56 Å². The van der Waals surface area contributed by atoms with Crippen LogP contribution in [0.2, 0.25) is 0 Å². The zero-order chi connectivity index (χ0) is 14.5. The van der Waals surface area contributed by atoms with Crippen molar-refractivity contribution in [3.05, 3.63) is 35.4 Å². The van der Waals surface area contributed by atoms with Gasteiger partial charge in [-0.2, -0.15) is 11.8 Å². The van der Waals surface area contributed by atoms with Gasteiger partial charge in [0.25, 0.3) is 5.91 Å². The quantitative estimate of drug-likeness (QED) is 0.928. The third-order valence-electron chi connectivity index (χ3n) is 4.02. The average molecular weight is 292 g/mol. The Morgan fingerprint density at radius 2 is 2.10 bits per heavy atom. The number of rotatable bonds is 4. The smallest absolute Gasteiger partial charge is 0.254 e. The first-order chi connectivity index (χ1) is 9.65. The number of piperidine rings is 1. The summed E-state index contributed by atoms with van der Waals surface area (Å²) in [6.07, 6.45) is 4.18. The summed E-state index contributed by atoms with van der Waals surface area (Å²) in [6, 6.07) is 8.18. The Morgan fingerprint density at radius 3 is 2.70 bits per heavy atom. The van der Waals surface area contributed by atoms with Gasteiger partial charge in [0.15, 0.2) is 0 Å². The Kier molecular flexibility index (Phi) is 5.49. The first-order valence-electron chi connectivity index (χ1n) is 7.24. The van der Waals surface area contributed by atoms with Crippen LogP contribution in [0.1, 0.15) is 35.7 Å². The number of amides is 1. The van der Waals surface area contributed by atoms with Gasteiger partial charge in [0.05, 0.1) is 0 Å². The topological polar surface area (TPSA) is 46.3 Å². The second kappa shape index (κ2) is 7.14. The minimum Gasteiger partial charge on any atom is -0.334 e. The molecule has 2 rings (SSSR count).